The third kappa shape index (κ3) is 12.8. The summed E-state index contributed by atoms with van der Waals surface area (Å²) in [4.78, 5) is 13.3. The standard InChI is InChI=1S/C17H35N5O6.2H2O4S/c1-7(19)9-5-4-8(20)17(27-9)28-15-11(21)13(24)16(26-3)12(14(15)25)22(2)10(23)6-18;2*1-5(2,3)4/h7-9,11-17,24-25H,4-6,18-21H2,1-3H3;2*(H2,1,2,3,4)/t7-,8+,9+,11-,12-,13-,14+,15+,16+,17+;;/m0../s1. The van der Waals surface area contributed by atoms with Crippen LogP contribution in [-0.2, 0) is 39.8 Å². The number of carbonyl (C=O) groups excluding carboxylic acids is 1. The molecule has 2 fully saturated rings. The molecule has 228 valence electrons. The summed E-state index contributed by atoms with van der Waals surface area (Å²) >= 11 is 0. The third-order valence-corrected chi connectivity index (χ3v) is 5.74. The highest BCUT2D eigenvalue weighted by molar-refractivity contribution is 7.80. The molecule has 1 saturated heterocycles. The van der Waals surface area contributed by atoms with Crippen molar-refractivity contribution >= 4 is 26.7 Å². The van der Waals surface area contributed by atoms with Gasteiger partial charge in [0, 0.05) is 20.2 Å². The van der Waals surface area contributed by atoms with Crippen molar-refractivity contribution in [3.8, 4) is 0 Å². The van der Waals surface area contributed by atoms with Gasteiger partial charge in [0.15, 0.2) is 6.29 Å². The summed E-state index contributed by atoms with van der Waals surface area (Å²) in [5.74, 6) is -0.421. The molecule has 0 spiro atoms. The lowest BCUT2D eigenvalue weighted by molar-refractivity contribution is -0.267. The molecule has 2 rings (SSSR count). The predicted octanol–water partition coefficient (Wildman–Crippen LogP) is -4.89. The SMILES string of the molecule is CO[C@H]1[C@@H](O)[C@H](N)[C@@H](O[C@H]2O[C@@H]([C@H](C)N)CC[C@H]2N)[C@H](O)[C@@H]1N(C)C(=O)CN.O=S(=O)(O)O.O=S(=O)(O)O. The molecule has 21 heteroatoms. The molecule has 10 atom stereocenters. The maximum atomic E-state index is 12.1. The number of nitrogens with two attached hydrogens (primary N) is 4. The Morgan fingerprint density at radius 1 is 1.03 bits per heavy atom. The Hall–Kier alpha value is -1.15. The molecule has 19 nitrogen and oxygen atoms in total. The minimum atomic E-state index is -4.67. The lowest BCUT2D eigenvalue weighted by Gasteiger charge is -2.50. The van der Waals surface area contributed by atoms with Crippen molar-refractivity contribution in [2.75, 3.05) is 20.7 Å². The molecule has 1 saturated carbocycles. The molecule has 0 unspecified atom stereocenters. The van der Waals surface area contributed by atoms with Gasteiger partial charge in [0.1, 0.15) is 18.3 Å². The first-order valence-corrected chi connectivity index (χ1v) is 13.7. The number of hydrogen-bond acceptors (Lipinski definition) is 14. The maximum absolute atomic E-state index is 12.1. The van der Waals surface area contributed by atoms with Gasteiger partial charge in [-0.2, -0.15) is 16.8 Å². The molecular formula is C17H39N5O14S2. The number of carbonyl (C=O) groups is 1. The summed E-state index contributed by atoms with van der Waals surface area (Å²) in [5, 5.41) is 21.6. The van der Waals surface area contributed by atoms with Crippen molar-refractivity contribution in [3.63, 3.8) is 0 Å². The van der Waals surface area contributed by atoms with E-state index in [0.29, 0.717) is 12.8 Å². The second-order valence-electron chi connectivity index (χ2n) is 8.60. The fraction of sp³-hybridized carbons (Fsp3) is 0.941. The van der Waals surface area contributed by atoms with Crippen LogP contribution in [0.25, 0.3) is 0 Å². The molecule has 0 aromatic heterocycles. The van der Waals surface area contributed by atoms with Crippen LogP contribution in [-0.4, -0.2) is 138 Å². The van der Waals surface area contributed by atoms with Crippen LogP contribution < -0.4 is 22.9 Å². The first-order chi connectivity index (χ1) is 17.1. The van der Waals surface area contributed by atoms with Crippen LogP contribution >= 0.6 is 0 Å². The van der Waals surface area contributed by atoms with E-state index in [2.05, 4.69) is 0 Å². The fourth-order valence-electron chi connectivity index (χ4n) is 3.95. The second-order valence-corrected chi connectivity index (χ2v) is 10.4. The summed E-state index contributed by atoms with van der Waals surface area (Å²) in [7, 11) is -6.49. The largest absolute Gasteiger partial charge is 0.394 e. The van der Waals surface area contributed by atoms with Gasteiger partial charge in [-0.15, -0.1) is 0 Å². The molecule has 2 aliphatic rings. The summed E-state index contributed by atoms with van der Waals surface area (Å²) in [6.45, 7) is 1.58. The number of aliphatic hydroxyl groups is 2. The van der Waals surface area contributed by atoms with Crippen LogP contribution in [0.5, 0.6) is 0 Å². The van der Waals surface area contributed by atoms with Crippen molar-refractivity contribution < 1.29 is 64.3 Å². The Morgan fingerprint density at radius 3 is 1.89 bits per heavy atom. The Balaban J connectivity index is 0.00000116. The monoisotopic (exact) mass is 601 g/mol. The van der Waals surface area contributed by atoms with Gasteiger partial charge in [-0.25, -0.2) is 0 Å². The van der Waals surface area contributed by atoms with Crippen LogP contribution in [0.3, 0.4) is 0 Å². The number of nitrogens with zero attached hydrogens (tertiary/aromatic N) is 1. The first-order valence-electron chi connectivity index (χ1n) is 11.0. The van der Waals surface area contributed by atoms with E-state index < -0.39 is 75.5 Å². The molecule has 0 aromatic carbocycles. The number of rotatable bonds is 6. The number of aliphatic hydroxyl groups excluding tert-OH is 2. The van der Waals surface area contributed by atoms with Gasteiger partial charge in [-0.1, -0.05) is 0 Å². The Labute approximate surface area is 220 Å². The van der Waals surface area contributed by atoms with Crippen LogP contribution in [0.15, 0.2) is 0 Å². The van der Waals surface area contributed by atoms with Gasteiger partial charge < -0.3 is 52.3 Å². The summed E-state index contributed by atoms with van der Waals surface area (Å²) in [5.41, 5.74) is 23.6. The van der Waals surface area contributed by atoms with Crippen LogP contribution in [0.1, 0.15) is 19.8 Å². The van der Waals surface area contributed by atoms with Crippen LogP contribution in [0.4, 0.5) is 0 Å². The van der Waals surface area contributed by atoms with Gasteiger partial charge in [0.2, 0.25) is 5.91 Å². The molecule has 1 aliphatic carbocycles. The molecule has 0 aromatic rings. The van der Waals surface area contributed by atoms with Gasteiger partial charge in [0.25, 0.3) is 0 Å². The van der Waals surface area contributed by atoms with E-state index in [9.17, 15) is 15.0 Å². The van der Waals surface area contributed by atoms with E-state index in [0.717, 1.165) is 0 Å². The van der Waals surface area contributed by atoms with E-state index in [1.54, 1.807) is 0 Å². The first kappa shape index (κ1) is 36.8. The number of amides is 1. The van der Waals surface area contributed by atoms with Crippen molar-refractivity contribution in [1.82, 2.24) is 4.90 Å². The molecule has 0 bridgehead atoms. The molecule has 0 radical (unpaired) electrons. The minimum absolute atomic E-state index is 0.215. The summed E-state index contributed by atoms with van der Waals surface area (Å²) in [6.07, 6.45) is -4.16. The van der Waals surface area contributed by atoms with Crippen molar-refractivity contribution in [2.24, 2.45) is 22.9 Å². The fourth-order valence-corrected chi connectivity index (χ4v) is 3.95. The van der Waals surface area contributed by atoms with Gasteiger partial charge >= 0.3 is 20.8 Å². The smallest absolute Gasteiger partial charge is 0.389 e. The lowest BCUT2D eigenvalue weighted by Crippen LogP contribution is -2.72. The predicted molar refractivity (Wildman–Crippen MR) is 129 cm³/mol. The number of ether oxygens (including phenoxy) is 3. The van der Waals surface area contributed by atoms with E-state index in [1.165, 1.54) is 19.1 Å². The van der Waals surface area contributed by atoms with Gasteiger partial charge in [-0.3, -0.25) is 23.0 Å². The van der Waals surface area contributed by atoms with Crippen LogP contribution in [0.2, 0.25) is 0 Å². The van der Waals surface area contributed by atoms with E-state index in [4.69, 9.17) is 72.2 Å². The lowest BCUT2D eigenvalue weighted by atomic mass is 9.80. The quantitative estimate of drug-likeness (QED) is 0.127. The maximum Gasteiger partial charge on any atom is 0.394 e. The summed E-state index contributed by atoms with van der Waals surface area (Å²) in [6, 6.07) is -2.55. The second kappa shape index (κ2) is 15.6. The van der Waals surface area contributed by atoms with Crippen molar-refractivity contribution in [2.45, 2.75) is 80.7 Å². The van der Waals surface area contributed by atoms with Gasteiger partial charge in [0.05, 0.1) is 36.9 Å². The minimum Gasteiger partial charge on any atom is -0.389 e. The Bertz CT molecular complexity index is 893. The normalized spacial score (nSPS) is 34.6. The molecule has 1 aliphatic heterocycles. The zero-order chi connectivity index (χ0) is 30.2. The molecular weight excluding hydrogens is 562 g/mol. The Morgan fingerprint density at radius 2 is 1.50 bits per heavy atom. The third-order valence-electron chi connectivity index (χ3n) is 5.74. The van der Waals surface area contributed by atoms with Crippen LogP contribution in [0, 0.1) is 0 Å². The van der Waals surface area contributed by atoms with E-state index in [-0.39, 0.29) is 18.7 Å². The molecule has 14 N–H and O–H groups in total. The number of methoxy groups -OCH3 is 1. The summed E-state index contributed by atoms with van der Waals surface area (Å²) < 4.78 is 80.3. The molecule has 38 heavy (non-hydrogen) atoms. The molecule has 1 heterocycles. The average molecular weight is 602 g/mol. The number of likely N-dealkylation sites (N-methyl/N-ethyl adjacent to an activating group) is 1. The topological polar surface area (TPSA) is 342 Å². The average Bonchev–Trinajstić information content (AvgIpc) is 2.76. The van der Waals surface area contributed by atoms with Crippen molar-refractivity contribution in [1.29, 1.82) is 0 Å². The van der Waals surface area contributed by atoms with E-state index in [1.807, 2.05) is 6.92 Å². The van der Waals surface area contributed by atoms with Crippen molar-refractivity contribution in [3.05, 3.63) is 0 Å². The highest BCUT2D eigenvalue weighted by atomic mass is 32.3. The van der Waals surface area contributed by atoms with E-state index >= 15 is 0 Å². The zero-order valence-corrected chi connectivity index (χ0v) is 22.6. The zero-order valence-electron chi connectivity index (χ0n) is 20.9. The number of hydrogen-bond donors (Lipinski definition) is 10. The highest BCUT2D eigenvalue weighted by Crippen LogP contribution is 2.31. The molecule has 1 amide bonds. The Kier molecular flexibility index (Phi) is 15.1. The van der Waals surface area contributed by atoms with Gasteiger partial charge in [-0.05, 0) is 19.8 Å². The highest BCUT2D eigenvalue weighted by Gasteiger charge is 2.53.